The zero-order chi connectivity index (χ0) is 35.9. The molecule has 3 fully saturated rings. The molecule has 0 bridgehead atoms. The minimum Gasteiger partial charge on any atom is -0.444 e. The number of rotatable bonds is 11. The van der Waals surface area contributed by atoms with Crippen LogP contribution >= 0.6 is 11.3 Å². The van der Waals surface area contributed by atoms with Gasteiger partial charge in [0.05, 0.1) is 10.9 Å². The topological polar surface area (TPSA) is 176 Å². The third-order valence-corrected chi connectivity index (χ3v) is 11.4. The minimum absolute atomic E-state index is 0.0971. The van der Waals surface area contributed by atoms with Crippen molar-refractivity contribution in [2.24, 2.45) is 11.3 Å². The maximum atomic E-state index is 14.4. The summed E-state index contributed by atoms with van der Waals surface area (Å²) in [5.41, 5.74) is -1.37. The fourth-order valence-corrected chi connectivity index (χ4v) is 8.11. The van der Waals surface area contributed by atoms with E-state index in [-0.39, 0.29) is 19.4 Å². The minimum atomic E-state index is -3.87. The lowest BCUT2D eigenvalue weighted by molar-refractivity contribution is -0.142. The molecule has 2 heterocycles. The average molecular weight is 715 g/mol. The average Bonchev–Trinajstić information content (AvgIpc) is 3.90. The number of thiazole rings is 1. The molecule has 1 aliphatic heterocycles. The van der Waals surface area contributed by atoms with E-state index < -0.39 is 79.7 Å². The Morgan fingerprint density at radius 2 is 1.78 bits per heavy atom. The SMILES string of the molecule is C=C[C@@H]1C[C@]1(NC(=O)[C@@H]1C[C@@H](Nc2nc(-c3ccccc3)cs2)CN1C(=O)[C@@H](NC(=O)OC(C)(C)C)C(C)(C)C)C(=O)NS(=O)(=O)C1CC1. The number of carbonyl (C=O) groups excluding carboxylic acids is 4. The fourth-order valence-electron chi connectivity index (χ4n) is 5.95. The Balaban J connectivity index is 1.40. The van der Waals surface area contributed by atoms with Gasteiger partial charge in [0.25, 0.3) is 5.91 Å². The third-order valence-electron chi connectivity index (χ3n) is 8.81. The van der Waals surface area contributed by atoms with E-state index in [1.807, 2.05) is 35.7 Å². The van der Waals surface area contributed by atoms with E-state index >= 15 is 0 Å². The summed E-state index contributed by atoms with van der Waals surface area (Å²) in [7, 11) is -3.87. The Hall–Kier alpha value is -3.98. The van der Waals surface area contributed by atoms with E-state index in [0.717, 1.165) is 11.3 Å². The number of sulfonamides is 1. The molecule has 2 aliphatic carbocycles. The number of benzene rings is 1. The predicted octanol–water partition coefficient (Wildman–Crippen LogP) is 3.80. The van der Waals surface area contributed by atoms with Crippen molar-refractivity contribution in [3.05, 3.63) is 48.4 Å². The Kier molecular flexibility index (Phi) is 9.92. The first-order valence-electron chi connectivity index (χ1n) is 16.4. The summed E-state index contributed by atoms with van der Waals surface area (Å²) in [5.74, 6) is -2.43. The molecule has 2 aromatic rings. The zero-order valence-electron chi connectivity index (χ0n) is 28.7. The Labute approximate surface area is 291 Å². The first-order chi connectivity index (χ1) is 22.8. The number of anilines is 1. The third kappa shape index (κ3) is 8.43. The van der Waals surface area contributed by atoms with Crippen LogP contribution in [0, 0.1) is 11.3 Å². The highest BCUT2D eigenvalue weighted by atomic mass is 32.2. The van der Waals surface area contributed by atoms with Gasteiger partial charge >= 0.3 is 6.09 Å². The van der Waals surface area contributed by atoms with E-state index in [4.69, 9.17) is 9.72 Å². The molecule has 0 radical (unpaired) electrons. The first-order valence-corrected chi connectivity index (χ1v) is 18.8. The van der Waals surface area contributed by atoms with Crippen molar-refractivity contribution in [2.45, 2.75) is 102 Å². The molecule has 4 amide bonds. The van der Waals surface area contributed by atoms with Crippen molar-refractivity contribution < 1.29 is 32.3 Å². The number of likely N-dealkylation sites (tertiary alicyclic amines) is 1. The smallest absolute Gasteiger partial charge is 0.408 e. The van der Waals surface area contributed by atoms with Gasteiger partial charge in [-0.1, -0.05) is 57.2 Å². The van der Waals surface area contributed by atoms with Gasteiger partial charge in [0.2, 0.25) is 21.8 Å². The Bertz CT molecular complexity index is 1710. The number of ether oxygens (including phenoxy) is 1. The van der Waals surface area contributed by atoms with Gasteiger partial charge in [-0.15, -0.1) is 17.9 Å². The summed E-state index contributed by atoms with van der Waals surface area (Å²) >= 11 is 1.39. The Morgan fingerprint density at radius 3 is 2.35 bits per heavy atom. The zero-order valence-corrected chi connectivity index (χ0v) is 30.4. The number of nitrogens with one attached hydrogen (secondary N) is 4. The maximum absolute atomic E-state index is 14.4. The highest BCUT2D eigenvalue weighted by Gasteiger charge is 2.62. The first kappa shape index (κ1) is 36.3. The molecular weight excluding hydrogens is 669 g/mol. The molecule has 1 aromatic heterocycles. The lowest BCUT2D eigenvalue weighted by atomic mass is 9.85. The summed E-state index contributed by atoms with van der Waals surface area (Å²) in [6.07, 6.45) is 2.02. The molecule has 4 N–H and O–H groups in total. The van der Waals surface area contributed by atoms with Crippen LogP contribution in [0.25, 0.3) is 11.3 Å². The monoisotopic (exact) mass is 714 g/mol. The molecular formula is C34H46N6O7S2. The van der Waals surface area contributed by atoms with Gasteiger partial charge in [0, 0.05) is 29.4 Å². The number of nitrogens with zero attached hydrogens (tertiary/aromatic N) is 2. The van der Waals surface area contributed by atoms with Gasteiger partial charge in [0.1, 0.15) is 23.2 Å². The van der Waals surface area contributed by atoms with Crippen molar-refractivity contribution >= 4 is 50.3 Å². The number of aromatic nitrogens is 1. The molecule has 13 nitrogen and oxygen atoms in total. The van der Waals surface area contributed by atoms with Crippen LogP contribution in [0.5, 0.6) is 0 Å². The molecule has 266 valence electrons. The number of amides is 4. The van der Waals surface area contributed by atoms with Crippen molar-refractivity contribution in [3.63, 3.8) is 0 Å². The Morgan fingerprint density at radius 1 is 1.10 bits per heavy atom. The lowest BCUT2D eigenvalue weighted by Gasteiger charge is -2.36. The molecule has 1 saturated heterocycles. The van der Waals surface area contributed by atoms with Gasteiger partial charge in [-0.25, -0.2) is 18.2 Å². The molecule has 2 saturated carbocycles. The summed E-state index contributed by atoms with van der Waals surface area (Å²) in [6.45, 7) is 14.4. The summed E-state index contributed by atoms with van der Waals surface area (Å²) in [5, 5.41) is 10.8. The molecule has 1 aromatic carbocycles. The second-order valence-corrected chi connectivity index (χ2v) is 17.9. The van der Waals surface area contributed by atoms with Gasteiger partial charge in [-0.3, -0.25) is 19.1 Å². The van der Waals surface area contributed by atoms with Crippen LogP contribution in [-0.2, 0) is 29.1 Å². The normalized spacial score (nSPS) is 24.4. The van der Waals surface area contributed by atoms with Gasteiger partial charge < -0.3 is 25.6 Å². The van der Waals surface area contributed by atoms with Crippen LogP contribution < -0.4 is 20.7 Å². The number of hydrogen-bond donors (Lipinski definition) is 4. The van der Waals surface area contributed by atoms with E-state index in [1.54, 1.807) is 41.5 Å². The largest absolute Gasteiger partial charge is 0.444 e. The van der Waals surface area contributed by atoms with Crippen LogP contribution in [-0.4, -0.2) is 83.2 Å². The molecule has 3 aliphatic rings. The molecule has 0 unspecified atom stereocenters. The van der Waals surface area contributed by atoms with E-state index in [2.05, 4.69) is 27.3 Å². The van der Waals surface area contributed by atoms with Crippen molar-refractivity contribution in [1.29, 1.82) is 0 Å². The number of alkyl carbamates (subject to hydrolysis) is 1. The van der Waals surface area contributed by atoms with E-state index in [0.29, 0.717) is 18.0 Å². The number of carbonyl (C=O) groups is 4. The summed E-state index contributed by atoms with van der Waals surface area (Å²) in [6, 6.07) is 7.15. The maximum Gasteiger partial charge on any atom is 0.408 e. The highest BCUT2D eigenvalue weighted by Crippen LogP contribution is 2.45. The quantitative estimate of drug-likeness (QED) is 0.252. The lowest BCUT2D eigenvalue weighted by Crippen LogP contribution is -2.60. The van der Waals surface area contributed by atoms with Gasteiger partial charge in [-0.2, -0.15) is 0 Å². The van der Waals surface area contributed by atoms with Crippen LogP contribution in [0.3, 0.4) is 0 Å². The molecule has 49 heavy (non-hydrogen) atoms. The van der Waals surface area contributed by atoms with Crippen LogP contribution in [0.1, 0.15) is 67.2 Å². The van der Waals surface area contributed by atoms with Crippen LogP contribution in [0.4, 0.5) is 9.93 Å². The second-order valence-electron chi connectivity index (χ2n) is 15.1. The van der Waals surface area contributed by atoms with Crippen molar-refractivity contribution in [2.75, 3.05) is 11.9 Å². The standard InChI is InChI=1S/C34H46N6O7S2/c1-8-21-17-34(21,29(43)39-49(45,46)23-14-15-23)38-27(41)25-16-22(35-30-36-24(19-48-30)20-12-10-9-11-13-20)18-40(25)28(42)26(32(2,3)4)37-31(44)47-33(5,6)7/h8-13,19,21-23,25-26H,1,14-18H2,2-7H3,(H,35,36)(H,37,44)(H,38,41)(H,39,43)/t21-,22-,25+,26-,34-/m1/s1. The molecule has 15 heteroatoms. The van der Waals surface area contributed by atoms with E-state index in [9.17, 15) is 27.6 Å². The molecule has 5 rings (SSSR count). The summed E-state index contributed by atoms with van der Waals surface area (Å²) < 4.78 is 32.9. The molecule has 5 atom stereocenters. The van der Waals surface area contributed by atoms with Crippen molar-refractivity contribution in [1.82, 2.24) is 25.2 Å². The molecule has 0 spiro atoms. The van der Waals surface area contributed by atoms with Gasteiger partial charge in [-0.05, 0) is 51.9 Å². The fraction of sp³-hybridized carbons (Fsp3) is 0.559. The van der Waals surface area contributed by atoms with E-state index in [1.165, 1.54) is 22.3 Å². The van der Waals surface area contributed by atoms with Crippen LogP contribution in [0.15, 0.2) is 48.4 Å². The van der Waals surface area contributed by atoms with Gasteiger partial charge in [0.15, 0.2) is 5.13 Å². The highest BCUT2D eigenvalue weighted by molar-refractivity contribution is 7.91. The predicted molar refractivity (Wildman–Crippen MR) is 187 cm³/mol. The van der Waals surface area contributed by atoms with Crippen LogP contribution in [0.2, 0.25) is 0 Å². The second kappa shape index (κ2) is 13.4. The number of hydrogen-bond acceptors (Lipinski definition) is 10. The summed E-state index contributed by atoms with van der Waals surface area (Å²) in [4.78, 5) is 60.9. The van der Waals surface area contributed by atoms with Crippen molar-refractivity contribution in [3.8, 4) is 11.3 Å².